The summed E-state index contributed by atoms with van der Waals surface area (Å²) < 4.78 is 32.4. The molecule has 0 aromatic carbocycles. The van der Waals surface area contributed by atoms with Gasteiger partial charge in [-0.3, -0.25) is 4.79 Å². The summed E-state index contributed by atoms with van der Waals surface area (Å²) in [5.74, 6) is 1.17. The molecule has 0 N–H and O–H groups in total. The standard InChI is InChI=1S/C19H31N3O4S/c1-15-19(16(2)26-20-15)27(24,25)22-12-6-11-21(13-14-22)18(23)10-9-17-7-4-3-5-8-17/h17H,3-14H2,1-2H3. The molecule has 0 bridgehead atoms. The van der Waals surface area contributed by atoms with Gasteiger partial charge in [-0.05, 0) is 32.6 Å². The molecule has 1 saturated carbocycles. The van der Waals surface area contributed by atoms with Gasteiger partial charge in [0.25, 0.3) is 0 Å². The maximum absolute atomic E-state index is 13.0. The van der Waals surface area contributed by atoms with Crippen LogP contribution in [-0.4, -0.2) is 54.9 Å². The number of amides is 1. The third kappa shape index (κ3) is 4.71. The van der Waals surface area contributed by atoms with Crippen LogP contribution in [0.15, 0.2) is 9.42 Å². The number of nitrogens with zero attached hydrogens (tertiary/aromatic N) is 3. The Labute approximate surface area is 162 Å². The molecule has 1 saturated heterocycles. The molecule has 2 aliphatic rings. The summed E-state index contributed by atoms with van der Waals surface area (Å²) in [6.07, 6.45) is 8.60. The predicted octanol–water partition coefficient (Wildman–Crippen LogP) is 2.87. The first kappa shape index (κ1) is 20.3. The number of sulfonamides is 1. The molecule has 1 aromatic rings. The van der Waals surface area contributed by atoms with Gasteiger partial charge in [0, 0.05) is 32.6 Å². The van der Waals surface area contributed by atoms with Crippen LogP contribution in [0.2, 0.25) is 0 Å². The molecule has 0 unspecified atom stereocenters. The summed E-state index contributed by atoms with van der Waals surface area (Å²) in [5, 5.41) is 3.77. The number of carbonyl (C=O) groups excluding carboxylic acids is 1. The van der Waals surface area contributed by atoms with Gasteiger partial charge in [0.05, 0.1) is 0 Å². The van der Waals surface area contributed by atoms with Crippen LogP contribution in [0.1, 0.15) is 62.8 Å². The van der Waals surface area contributed by atoms with Crippen molar-refractivity contribution in [2.75, 3.05) is 26.2 Å². The second-order valence-corrected chi connectivity index (χ2v) is 9.71. The van der Waals surface area contributed by atoms with E-state index in [1.807, 2.05) is 4.90 Å². The Morgan fingerprint density at radius 2 is 1.81 bits per heavy atom. The van der Waals surface area contributed by atoms with Gasteiger partial charge < -0.3 is 9.42 Å². The molecule has 8 heteroatoms. The Bertz CT molecular complexity index is 734. The summed E-state index contributed by atoms with van der Waals surface area (Å²) in [4.78, 5) is 14.6. The quantitative estimate of drug-likeness (QED) is 0.763. The summed E-state index contributed by atoms with van der Waals surface area (Å²) in [6.45, 7) is 5.07. The van der Waals surface area contributed by atoms with E-state index in [1.54, 1.807) is 13.8 Å². The molecule has 152 valence electrons. The van der Waals surface area contributed by atoms with E-state index in [9.17, 15) is 13.2 Å². The highest BCUT2D eigenvalue weighted by molar-refractivity contribution is 7.89. The van der Waals surface area contributed by atoms with Gasteiger partial charge in [0.1, 0.15) is 10.6 Å². The maximum Gasteiger partial charge on any atom is 0.248 e. The average molecular weight is 398 g/mol. The van der Waals surface area contributed by atoms with Crippen molar-refractivity contribution in [3.63, 3.8) is 0 Å². The highest BCUT2D eigenvalue weighted by Crippen LogP contribution is 2.28. The number of carbonyl (C=O) groups is 1. The zero-order valence-corrected chi connectivity index (χ0v) is 17.3. The van der Waals surface area contributed by atoms with Crippen molar-refractivity contribution in [1.82, 2.24) is 14.4 Å². The summed E-state index contributed by atoms with van der Waals surface area (Å²) in [5.41, 5.74) is 0.386. The van der Waals surface area contributed by atoms with Crippen LogP contribution in [0, 0.1) is 19.8 Å². The first-order valence-electron chi connectivity index (χ1n) is 10.1. The molecule has 1 aromatic heterocycles. The minimum absolute atomic E-state index is 0.164. The van der Waals surface area contributed by atoms with Crippen molar-refractivity contribution >= 4 is 15.9 Å². The molecule has 2 heterocycles. The van der Waals surface area contributed by atoms with Crippen LogP contribution < -0.4 is 0 Å². The van der Waals surface area contributed by atoms with E-state index in [-0.39, 0.29) is 10.8 Å². The minimum Gasteiger partial charge on any atom is -0.360 e. The molecule has 1 aliphatic heterocycles. The zero-order chi connectivity index (χ0) is 19.4. The topological polar surface area (TPSA) is 83.7 Å². The van der Waals surface area contributed by atoms with E-state index in [0.29, 0.717) is 56.4 Å². The molecule has 7 nitrogen and oxygen atoms in total. The van der Waals surface area contributed by atoms with Crippen LogP contribution in [0.5, 0.6) is 0 Å². The Hall–Kier alpha value is -1.41. The van der Waals surface area contributed by atoms with Crippen LogP contribution >= 0.6 is 0 Å². The summed E-state index contributed by atoms with van der Waals surface area (Å²) >= 11 is 0. The maximum atomic E-state index is 13.0. The third-order valence-corrected chi connectivity index (χ3v) is 8.01. The SMILES string of the molecule is Cc1noc(C)c1S(=O)(=O)N1CCCN(C(=O)CCC2CCCCC2)CC1. The van der Waals surface area contributed by atoms with Gasteiger partial charge in [0.2, 0.25) is 15.9 Å². The molecule has 2 fully saturated rings. The predicted molar refractivity (Wildman–Crippen MR) is 102 cm³/mol. The van der Waals surface area contributed by atoms with Gasteiger partial charge in [-0.15, -0.1) is 0 Å². The van der Waals surface area contributed by atoms with Crippen molar-refractivity contribution < 1.29 is 17.7 Å². The fourth-order valence-electron chi connectivity index (χ4n) is 4.32. The largest absolute Gasteiger partial charge is 0.360 e. The fourth-order valence-corrected chi connectivity index (χ4v) is 6.08. The molecular formula is C19H31N3O4S. The molecule has 1 amide bonds. The first-order valence-corrected chi connectivity index (χ1v) is 11.5. The number of rotatable bonds is 5. The number of hydrogen-bond acceptors (Lipinski definition) is 5. The lowest BCUT2D eigenvalue weighted by Gasteiger charge is -2.24. The van der Waals surface area contributed by atoms with Gasteiger partial charge in [-0.1, -0.05) is 37.3 Å². The van der Waals surface area contributed by atoms with Crippen molar-refractivity contribution in [3.05, 3.63) is 11.5 Å². The minimum atomic E-state index is -3.64. The number of aromatic nitrogens is 1. The number of hydrogen-bond donors (Lipinski definition) is 0. The first-order chi connectivity index (χ1) is 12.9. The summed E-state index contributed by atoms with van der Waals surface area (Å²) in [6, 6.07) is 0. The Kier molecular flexibility index (Phi) is 6.57. The average Bonchev–Trinajstić information content (AvgIpc) is 2.86. The molecule has 3 rings (SSSR count). The van der Waals surface area contributed by atoms with Gasteiger partial charge in [-0.2, -0.15) is 4.31 Å². The Morgan fingerprint density at radius 1 is 1.07 bits per heavy atom. The Balaban J connectivity index is 1.57. The number of aryl methyl sites for hydroxylation is 2. The van der Waals surface area contributed by atoms with E-state index in [1.165, 1.54) is 36.4 Å². The highest BCUT2D eigenvalue weighted by Gasteiger charge is 2.32. The summed E-state index contributed by atoms with van der Waals surface area (Å²) in [7, 11) is -3.64. The monoisotopic (exact) mass is 397 g/mol. The van der Waals surface area contributed by atoms with Gasteiger partial charge in [0.15, 0.2) is 5.76 Å². The van der Waals surface area contributed by atoms with E-state index in [0.717, 1.165) is 6.42 Å². The van der Waals surface area contributed by atoms with Crippen molar-refractivity contribution in [1.29, 1.82) is 0 Å². The smallest absolute Gasteiger partial charge is 0.248 e. The molecule has 0 radical (unpaired) electrons. The van der Waals surface area contributed by atoms with E-state index < -0.39 is 10.0 Å². The fraction of sp³-hybridized carbons (Fsp3) is 0.789. The van der Waals surface area contributed by atoms with Crippen LogP contribution in [0.25, 0.3) is 0 Å². The van der Waals surface area contributed by atoms with Crippen molar-refractivity contribution in [2.24, 2.45) is 5.92 Å². The molecular weight excluding hydrogens is 366 g/mol. The highest BCUT2D eigenvalue weighted by atomic mass is 32.2. The van der Waals surface area contributed by atoms with E-state index in [2.05, 4.69) is 5.16 Å². The van der Waals surface area contributed by atoms with Crippen LogP contribution in [-0.2, 0) is 14.8 Å². The van der Waals surface area contributed by atoms with E-state index >= 15 is 0 Å². The van der Waals surface area contributed by atoms with Crippen LogP contribution in [0.3, 0.4) is 0 Å². The van der Waals surface area contributed by atoms with Crippen molar-refractivity contribution in [3.8, 4) is 0 Å². The van der Waals surface area contributed by atoms with Gasteiger partial charge >= 0.3 is 0 Å². The lowest BCUT2D eigenvalue weighted by molar-refractivity contribution is -0.131. The molecule has 0 atom stereocenters. The second-order valence-electron chi connectivity index (χ2n) is 7.83. The third-order valence-electron chi connectivity index (χ3n) is 5.86. The Morgan fingerprint density at radius 3 is 2.48 bits per heavy atom. The van der Waals surface area contributed by atoms with Crippen molar-refractivity contribution in [2.45, 2.75) is 70.1 Å². The van der Waals surface area contributed by atoms with E-state index in [4.69, 9.17) is 4.52 Å². The molecule has 27 heavy (non-hydrogen) atoms. The molecule has 1 aliphatic carbocycles. The zero-order valence-electron chi connectivity index (χ0n) is 16.4. The lowest BCUT2D eigenvalue weighted by atomic mass is 9.86. The normalized spacial score (nSPS) is 20.6. The van der Waals surface area contributed by atoms with Crippen LogP contribution in [0.4, 0.5) is 0 Å². The second kappa shape index (κ2) is 8.73. The molecule has 0 spiro atoms. The lowest BCUT2D eigenvalue weighted by Crippen LogP contribution is -2.37. The van der Waals surface area contributed by atoms with Gasteiger partial charge in [-0.25, -0.2) is 8.42 Å².